The van der Waals surface area contributed by atoms with Gasteiger partial charge < -0.3 is 9.47 Å². The third-order valence-corrected chi connectivity index (χ3v) is 3.93. The molecule has 0 saturated heterocycles. The molecule has 6 nitrogen and oxygen atoms in total. The summed E-state index contributed by atoms with van der Waals surface area (Å²) in [5.74, 6) is 0.388. The molecular weight excluding hydrogens is 344 g/mol. The molecule has 0 saturated carbocycles. The van der Waals surface area contributed by atoms with Crippen LogP contribution in [-0.4, -0.2) is 25.5 Å². The Bertz CT molecular complexity index is 790. The second-order valence-electron chi connectivity index (χ2n) is 6.21. The minimum atomic E-state index is -0.417. The van der Waals surface area contributed by atoms with E-state index in [1.165, 1.54) is 7.11 Å². The first-order chi connectivity index (χ1) is 13.0. The van der Waals surface area contributed by atoms with Gasteiger partial charge in [0, 0.05) is 12.0 Å². The van der Waals surface area contributed by atoms with E-state index in [-0.39, 0.29) is 12.3 Å². The highest BCUT2D eigenvalue weighted by atomic mass is 16.5. The van der Waals surface area contributed by atoms with Crippen molar-refractivity contribution in [2.45, 2.75) is 33.1 Å². The van der Waals surface area contributed by atoms with Gasteiger partial charge in [-0.3, -0.25) is 20.4 Å². The van der Waals surface area contributed by atoms with E-state index in [1.807, 2.05) is 38.1 Å². The topological polar surface area (TPSA) is 76.7 Å². The molecule has 0 bridgehead atoms. The van der Waals surface area contributed by atoms with Crippen molar-refractivity contribution in [1.29, 1.82) is 0 Å². The maximum Gasteiger partial charge on any atom is 0.269 e. The van der Waals surface area contributed by atoms with E-state index in [2.05, 4.69) is 10.9 Å². The molecule has 0 spiro atoms. The minimum absolute atomic E-state index is 0.250. The van der Waals surface area contributed by atoms with Crippen LogP contribution in [0, 0.1) is 6.92 Å². The van der Waals surface area contributed by atoms with Gasteiger partial charge in [-0.25, -0.2) is 0 Å². The van der Waals surface area contributed by atoms with Crippen molar-refractivity contribution in [3.05, 3.63) is 59.2 Å². The number of nitrogens with one attached hydrogen (secondary N) is 2. The van der Waals surface area contributed by atoms with Crippen LogP contribution in [0.25, 0.3) is 0 Å². The van der Waals surface area contributed by atoms with Crippen molar-refractivity contribution in [3.63, 3.8) is 0 Å². The first-order valence-corrected chi connectivity index (χ1v) is 8.99. The second kappa shape index (κ2) is 10.2. The fourth-order valence-corrected chi connectivity index (χ4v) is 2.53. The second-order valence-corrected chi connectivity index (χ2v) is 6.21. The number of aryl methyl sites for hydroxylation is 2. The molecule has 0 aliphatic heterocycles. The molecule has 0 fully saturated rings. The number of rotatable bonds is 8. The van der Waals surface area contributed by atoms with Gasteiger partial charge in [0.15, 0.2) is 11.5 Å². The fourth-order valence-electron chi connectivity index (χ4n) is 2.53. The maximum absolute atomic E-state index is 12.2. The molecule has 6 heteroatoms. The SMILES string of the molecule is CCCOc1ccc(C(=O)NNC(=O)CCc2cccc(C)c2)cc1OC. The highest BCUT2D eigenvalue weighted by Crippen LogP contribution is 2.28. The first kappa shape index (κ1) is 20.3. The molecule has 0 radical (unpaired) electrons. The van der Waals surface area contributed by atoms with Crippen LogP contribution < -0.4 is 20.3 Å². The predicted octanol–water partition coefficient (Wildman–Crippen LogP) is 3.19. The van der Waals surface area contributed by atoms with E-state index in [1.54, 1.807) is 18.2 Å². The van der Waals surface area contributed by atoms with Gasteiger partial charge in [-0.2, -0.15) is 0 Å². The Labute approximate surface area is 159 Å². The molecule has 0 aliphatic rings. The largest absolute Gasteiger partial charge is 0.493 e. The lowest BCUT2D eigenvalue weighted by Crippen LogP contribution is -2.41. The summed E-state index contributed by atoms with van der Waals surface area (Å²) in [7, 11) is 1.52. The highest BCUT2D eigenvalue weighted by molar-refractivity contribution is 5.96. The molecule has 0 aromatic heterocycles. The quantitative estimate of drug-likeness (QED) is 0.700. The normalized spacial score (nSPS) is 10.2. The minimum Gasteiger partial charge on any atom is -0.493 e. The highest BCUT2D eigenvalue weighted by Gasteiger charge is 2.12. The molecule has 0 heterocycles. The van der Waals surface area contributed by atoms with E-state index in [9.17, 15) is 9.59 Å². The maximum atomic E-state index is 12.2. The van der Waals surface area contributed by atoms with E-state index < -0.39 is 5.91 Å². The van der Waals surface area contributed by atoms with Crippen LogP contribution >= 0.6 is 0 Å². The zero-order chi connectivity index (χ0) is 19.6. The van der Waals surface area contributed by atoms with Crippen molar-refractivity contribution in [2.75, 3.05) is 13.7 Å². The van der Waals surface area contributed by atoms with Gasteiger partial charge in [-0.1, -0.05) is 36.8 Å². The molecule has 2 amide bonds. The third kappa shape index (κ3) is 6.33. The van der Waals surface area contributed by atoms with E-state index >= 15 is 0 Å². The first-order valence-electron chi connectivity index (χ1n) is 8.99. The Morgan fingerprint density at radius 1 is 1.04 bits per heavy atom. The fraction of sp³-hybridized carbons (Fsp3) is 0.333. The molecule has 0 aliphatic carbocycles. The molecule has 2 aromatic carbocycles. The lowest BCUT2D eigenvalue weighted by Gasteiger charge is -2.12. The smallest absolute Gasteiger partial charge is 0.269 e. The summed E-state index contributed by atoms with van der Waals surface area (Å²) in [6.07, 6.45) is 1.78. The average Bonchev–Trinajstić information content (AvgIpc) is 2.68. The van der Waals surface area contributed by atoms with Crippen LogP contribution in [0.1, 0.15) is 41.3 Å². The van der Waals surface area contributed by atoms with Gasteiger partial charge >= 0.3 is 0 Å². The summed E-state index contributed by atoms with van der Waals surface area (Å²) in [5.41, 5.74) is 7.48. The van der Waals surface area contributed by atoms with E-state index in [0.717, 1.165) is 17.5 Å². The zero-order valence-electron chi connectivity index (χ0n) is 16.0. The van der Waals surface area contributed by atoms with E-state index in [0.29, 0.717) is 30.1 Å². The number of hydrogen-bond donors (Lipinski definition) is 2. The molecule has 2 N–H and O–H groups in total. The Balaban J connectivity index is 1.86. The molecule has 2 rings (SSSR count). The monoisotopic (exact) mass is 370 g/mol. The Morgan fingerprint density at radius 3 is 2.56 bits per heavy atom. The molecule has 27 heavy (non-hydrogen) atoms. The number of ether oxygens (including phenoxy) is 2. The van der Waals surface area contributed by atoms with E-state index in [4.69, 9.17) is 9.47 Å². The summed E-state index contributed by atoms with van der Waals surface area (Å²) in [5, 5.41) is 0. The van der Waals surface area contributed by atoms with Gasteiger partial charge in [-0.05, 0) is 43.5 Å². The Hall–Kier alpha value is -3.02. The Morgan fingerprint density at radius 2 is 1.85 bits per heavy atom. The summed E-state index contributed by atoms with van der Waals surface area (Å²) in [6.45, 7) is 4.59. The standard InChI is InChI=1S/C21H26N2O4/c1-4-12-27-18-10-9-17(14-19(18)26-3)21(25)23-22-20(24)11-8-16-7-5-6-15(2)13-16/h5-7,9-10,13-14H,4,8,11-12H2,1-3H3,(H,22,24)(H,23,25). The van der Waals surface area contributed by atoms with Crippen molar-refractivity contribution >= 4 is 11.8 Å². The van der Waals surface area contributed by atoms with Crippen LogP contribution in [0.4, 0.5) is 0 Å². The van der Waals surface area contributed by atoms with Gasteiger partial charge in [-0.15, -0.1) is 0 Å². The molecule has 2 aromatic rings. The van der Waals surface area contributed by atoms with Crippen LogP contribution in [0.5, 0.6) is 11.5 Å². The number of amides is 2. The number of hydrogen-bond acceptors (Lipinski definition) is 4. The summed E-state index contributed by atoms with van der Waals surface area (Å²) >= 11 is 0. The molecule has 144 valence electrons. The summed E-state index contributed by atoms with van der Waals surface area (Å²) < 4.78 is 10.8. The lowest BCUT2D eigenvalue weighted by molar-refractivity contribution is -0.121. The molecular formula is C21H26N2O4. The number of carbonyl (C=O) groups excluding carboxylic acids is 2. The third-order valence-electron chi connectivity index (χ3n) is 3.93. The van der Waals surface area contributed by atoms with Gasteiger partial charge in [0.05, 0.1) is 13.7 Å². The van der Waals surface area contributed by atoms with Gasteiger partial charge in [0.1, 0.15) is 0 Å². The number of hydrazine groups is 1. The van der Waals surface area contributed by atoms with Crippen molar-refractivity contribution in [1.82, 2.24) is 10.9 Å². The predicted molar refractivity (Wildman–Crippen MR) is 104 cm³/mol. The molecule has 0 unspecified atom stereocenters. The average molecular weight is 370 g/mol. The van der Waals surface area contributed by atoms with Crippen molar-refractivity contribution < 1.29 is 19.1 Å². The number of methoxy groups -OCH3 is 1. The Kier molecular flexibility index (Phi) is 7.67. The van der Waals surface area contributed by atoms with Crippen LogP contribution in [0.3, 0.4) is 0 Å². The van der Waals surface area contributed by atoms with Crippen molar-refractivity contribution in [3.8, 4) is 11.5 Å². The van der Waals surface area contributed by atoms with Crippen molar-refractivity contribution in [2.24, 2.45) is 0 Å². The number of benzene rings is 2. The summed E-state index contributed by atoms with van der Waals surface area (Å²) in [4.78, 5) is 24.2. The lowest BCUT2D eigenvalue weighted by atomic mass is 10.1. The van der Waals surface area contributed by atoms with Crippen LogP contribution in [-0.2, 0) is 11.2 Å². The van der Waals surface area contributed by atoms with Gasteiger partial charge in [0.2, 0.25) is 5.91 Å². The molecule has 0 atom stereocenters. The number of carbonyl (C=O) groups is 2. The zero-order valence-corrected chi connectivity index (χ0v) is 16.0. The van der Waals surface area contributed by atoms with Crippen LogP contribution in [0.2, 0.25) is 0 Å². The van der Waals surface area contributed by atoms with Crippen LogP contribution in [0.15, 0.2) is 42.5 Å². The van der Waals surface area contributed by atoms with Gasteiger partial charge in [0.25, 0.3) is 5.91 Å². The summed E-state index contributed by atoms with van der Waals surface area (Å²) in [6, 6.07) is 12.9.